The fourth-order valence-corrected chi connectivity index (χ4v) is 5.19. The number of pyridine rings is 1. The third-order valence-electron chi connectivity index (χ3n) is 7.64. The van der Waals surface area contributed by atoms with E-state index in [9.17, 15) is 4.39 Å². The maximum Gasteiger partial charge on any atom is 0.185 e. The number of aromatic nitrogens is 1. The van der Waals surface area contributed by atoms with Crippen LogP contribution in [0.1, 0.15) is 128 Å². The minimum Gasteiger partial charge on any atom is -0.348 e. The van der Waals surface area contributed by atoms with Crippen LogP contribution in [0.5, 0.6) is 0 Å². The molecule has 0 amide bonds. The average Bonchev–Trinajstić information content (AvgIpc) is 2.93. The highest BCUT2D eigenvalue weighted by Gasteiger charge is 2.23. The Kier molecular flexibility index (Phi) is 14.2. The topological polar surface area (TPSA) is 31.4 Å². The highest BCUT2D eigenvalue weighted by atomic mass is 19.1. The molecule has 3 nitrogen and oxygen atoms in total. The van der Waals surface area contributed by atoms with E-state index in [1.165, 1.54) is 89.9 Å². The molecule has 3 rings (SSSR count). The molecule has 1 fully saturated rings. The Morgan fingerprint density at radius 1 is 0.757 bits per heavy atom. The number of hydrogen-bond acceptors (Lipinski definition) is 3. The molecule has 37 heavy (non-hydrogen) atoms. The molecule has 1 aromatic carbocycles. The van der Waals surface area contributed by atoms with Gasteiger partial charge in [-0.1, -0.05) is 116 Å². The number of aryl methyl sites for hydroxylation is 1. The molecule has 2 aromatic rings. The van der Waals surface area contributed by atoms with Gasteiger partial charge in [-0.05, 0) is 37.0 Å². The first-order chi connectivity index (χ1) is 18.2. The highest BCUT2D eigenvalue weighted by molar-refractivity contribution is 5.59. The summed E-state index contributed by atoms with van der Waals surface area (Å²) < 4.78 is 26.8. The van der Waals surface area contributed by atoms with Gasteiger partial charge in [0.25, 0.3) is 0 Å². The molecular formula is C33H50FNO2. The van der Waals surface area contributed by atoms with E-state index in [2.05, 4.69) is 18.8 Å². The van der Waals surface area contributed by atoms with Crippen LogP contribution in [0.25, 0.3) is 11.3 Å². The molecule has 1 saturated heterocycles. The Morgan fingerprint density at radius 3 is 1.97 bits per heavy atom. The van der Waals surface area contributed by atoms with E-state index < -0.39 is 0 Å². The van der Waals surface area contributed by atoms with Crippen LogP contribution in [0.2, 0.25) is 0 Å². The molecule has 206 valence electrons. The minimum absolute atomic E-state index is 0.123. The van der Waals surface area contributed by atoms with Crippen molar-refractivity contribution in [3.63, 3.8) is 0 Å². The lowest BCUT2D eigenvalue weighted by molar-refractivity contribution is -0.206. The smallest absolute Gasteiger partial charge is 0.185 e. The molecule has 4 heteroatoms. The van der Waals surface area contributed by atoms with E-state index in [0.717, 1.165) is 48.4 Å². The monoisotopic (exact) mass is 511 g/mol. The number of rotatable bonds is 18. The molecule has 0 unspecified atom stereocenters. The van der Waals surface area contributed by atoms with Crippen LogP contribution in [0.15, 0.2) is 36.5 Å². The second-order valence-electron chi connectivity index (χ2n) is 10.9. The molecule has 0 radical (unpaired) electrons. The summed E-state index contributed by atoms with van der Waals surface area (Å²) in [5, 5.41) is 0. The van der Waals surface area contributed by atoms with Gasteiger partial charge in [0.05, 0.1) is 18.9 Å². The van der Waals surface area contributed by atoms with Gasteiger partial charge in [-0.15, -0.1) is 0 Å². The van der Waals surface area contributed by atoms with Gasteiger partial charge in [0.15, 0.2) is 6.29 Å². The first-order valence-electron chi connectivity index (χ1n) is 15.2. The van der Waals surface area contributed by atoms with E-state index in [1.54, 1.807) is 12.3 Å². The number of unbranched alkanes of at least 4 members (excludes halogenated alkanes) is 12. The van der Waals surface area contributed by atoms with Crippen molar-refractivity contribution in [3.05, 3.63) is 53.5 Å². The average molecular weight is 512 g/mol. The van der Waals surface area contributed by atoms with Gasteiger partial charge >= 0.3 is 0 Å². The molecule has 0 saturated carbocycles. The van der Waals surface area contributed by atoms with E-state index in [0.29, 0.717) is 5.92 Å². The molecule has 1 aliphatic heterocycles. The Bertz CT molecular complexity index is 861. The second-order valence-corrected chi connectivity index (χ2v) is 10.9. The van der Waals surface area contributed by atoms with E-state index in [1.807, 2.05) is 24.3 Å². The summed E-state index contributed by atoms with van der Waals surface area (Å²) in [6, 6.07) is 9.48. The Morgan fingerprint density at radius 2 is 1.38 bits per heavy atom. The summed E-state index contributed by atoms with van der Waals surface area (Å²) in [5.41, 5.74) is 3.32. The zero-order chi connectivity index (χ0) is 26.1. The van der Waals surface area contributed by atoms with Crippen molar-refractivity contribution in [3.8, 4) is 11.3 Å². The zero-order valence-corrected chi connectivity index (χ0v) is 23.5. The number of benzene rings is 1. The lowest BCUT2D eigenvalue weighted by Crippen LogP contribution is -2.27. The van der Waals surface area contributed by atoms with Crippen LogP contribution in [0.3, 0.4) is 0 Å². The second kappa shape index (κ2) is 17.7. The normalized spacial score (nSPS) is 17.8. The lowest BCUT2D eigenvalue weighted by atomic mass is 10.0. The fraction of sp³-hybridized carbons (Fsp3) is 0.667. The number of halogens is 1. The first-order valence-corrected chi connectivity index (χ1v) is 15.2. The summed E-state index contributed by atoms with van der Waals surface area (Å²) >= 11 is 0. The largest absolute Gasteiger partial charge is 0.348 e. The summed E-state index contributed by atoms with van der Waals surface area (Å²) in [6.07, 6.45) is 21.5. The maximum absolute atomic E-state index is 14.8. The van der Waals surface area contributed by atoms with Crippen molar-refractivity contribution in [2.75, 3.05) is 13.2 Å². The molecule has 1 aliphatic rings. The molecule has 2 heterocycles. The first kappa shape index (κ1) is 29.8. The van der Waals surface area contributed by atoms with Crippen molar-refractivity contribution >= 4 is 0 Å². The molecule has 0 atom stereocenters. The quantitative estimate of drug-likeness (QED) is 0.187. The molecule has 0 spiro atoms. The van der Waals surface area contributed by atoms with Gasteiger partial charge in [0.2, 0.25) is 0 Å². The molecular weight excluding hydrogens is 461 g/mol. The van der Waals surface area contributed by atoms with Crippen LogP contribution >= 0.6 is 0 Å². The zero-order valence-electron chi connectivity index (χ0n) is 23.5. The highest BCUT2D eigenvalue weighted by Crippen LogP contribution is 2.29. The maximum atomic E-state index is 14.8. The van der Waals surface area contributed by atoms with Gasteiger partial charge in [-0.2, -0.15) is 0 Å². The summed E-state index contributed by atoms with van der Waals surface area (Å²) in [6.45, 7) is 5.99. The number of ether oxygens (including phenoxy) is 2. The van der Waals surface area contributed by atoms with Crippen molar-refractivity contribution in [2.45, 2.75) is 123 Å². The van der Waals surface area contributed by atoms with Crippen molar-refractivity contribution in [1.29, 1.82) is 0 Å². The lowest BCUT2D eigenvalue weighted by Gasteiger charge is -2.29. The van der Waals surface area contributed by atoms with Crippen molar-refractivity contribution < 1.29 is 13.9 Å². The molecule has 0 N–H and O–H groups in total. The molecule has 1 aromatic heterocycles. The molecule has 0 aliphatic carbocycles. The van der Waals surface area contributed by atoms with Crippen molar-refractivity contribution in [1.82, 2.24) is 4.98 Å². The van der Waals surface area contributed by atoms with E-state index >= 15 is 0 Å². The third kappa shape index (κ3) is 10.9. The SMILES string of the molecule is CCCCCCCCCCc1ccc(-c2ccc([C@H]3OC[C@H](CCCCCCCC)CO3)cn2)cc1F. The minimum atomic E-state index is -0.354. The van der Waals surface area contributed by atoms with E-state index in [4.69, 9.17) is 9.47 Å². The van der Waals surface area contributed by atoms with E-state index in [-0.39, 0.29) is 12.1 Å². The van der Waals surface area contributed by atoms with Gasteiger partial charge < -0.3 is 9.47 Å². The fourth-order valence-electron chi connectivity index (χ4n) is 5.19. The van der Waals surface area contributed by atoms with Gasteiger partial charge in [-0.25, -0.2) is 4.39 Å². The Balaban J connectivity index is 1.38. The van der Waals surface area contributed by atoms with Crippen LogP contribution in [-0.4, -0.2) is 18.2 Å². The van der Waals surface area contributed by atoms with Crippen molar-refractivity contribution in [2.24, 2.45) is 5.92 Å². The predicted octanol–water partition coefficient (Wildman–Crippen LogP) is 9.98. The summed E-state index contributed by atoms with van der Waals surface area (Å²) in [7, 11) is 0. The van der Waals surface area contributed by atoms with Crippen LogP contribution < -0.4 is 0 Å². The summed E-state index contributed by atoms with van der Waals surface area (Å²) in [5.74, 6) is 0.364. The van der Waals surface area contributed by atoms with Gasteiger partial charge in [-0.3, -0.25) is 4.98 Å². The van der Waals surface area contributed by atoms with Crippen LogP contribution in [-0.2, 0) is 15.9 Å². The standard InChI is InChI=1S/C33H50FNO2/c1-3-5-7-9-11-12-14-16-18-28-19-20-29(23-31(28)34)32-22-21-30(24-35-32)33-36-25-27(26-37-33)17-15-13-10-8-6-4-2/h19-24,27,33H,3-18,25-26H2,1-2H3/t27-,33-. The Hall–Kier alpha value is -1.78. The Labute approximate surface area is 225 Å². The van der Waals surface area contributed by atoms with Gasteiger partial charge in [0, 0.05) is 23.2 Å². The van der Waals surface area contributed by atoms with Gasteiger partial charge in [0.1, 0.15) is 5.82 Å². The number of nitrogens with zero attached hydrogens (tertiary/aromatic N) is 1. The third-order valence-corrected chi connectivity index (χ3v) is 7.64. The van der Waals surface area contributed by atoms with Crippen LogP contribution in [0.4, 0.5) is 4.39 Å². The van der Waals surface area contributed by atoms with Crippen LogP contribution in [0, 0.1) is 11.7 Å². The molecule has 0 bridgehead atoms. The summed E-state index contributed by atoms with van der Waals surface area (Å²) in [4.78, 5) is 4.59. The number of hydrogen-bond donors (Lipinski definition) is 0. The predicted molar refractivity (Wildman–Crippen MR) is 152 cm³/mol.